The lowest BCUT2D eigenvalue weighted by molar-refractivity contribution is -0.127. The van der Waals surface area contributed by atoms with Gasteiger partial charge in [-0.25, -0.2) is 4.39 Å². The molecule has 9 heteroatoms. The zero-order chi connectivity index (χ0) is 22.0. The Morgan fingerprint density at radius 3 is 2.55 bits per heavy atom. The van der Waals surface area contributed by atoms with Crippen LogP contribution in [0.3, 0.4) is 0 Å². The number of aromatic nitrogens is 1. The summed E-state index contributed by atoms with van der Waals surface area (Å²) in [5.74, 6) is -1.83. The minimum absolute atomic E-state index is 0.0117. The number of anilines is 1. The molecule has 0 bridgehead atoms. The van der Waals surface area contributed by atoms with E-state index in [4.69, 9.17) is 0 Å². The van der Waals surface area contributed by atoms with Crippen LogP contribution in [0.25, 0.3) is 11.8 Å². The monoisotopic (exact) mass is 499 g/mol. The molecule has 6 nitrogen and oxygen atoms in total. The van der Waals surface area contributed by atoms with E-state index in [9.17, 15) is 18.8 Å². The van der Waals surface area contributed by atoms with E-state index in [1.807, 2.05) is 47.2 Å². The molecule has 2 heterocycles. The molecule has 3 amide bonds. The molecule has 0 saturated carbocycles. The Hall–Kier alpha value is -3.17. The van der Waals surface area contributed by atoms with Gasteiger partial charge in [0, 0.05) is 22.1 Å². The van der Waals surface area contributed by atoms with Gasteiger partial charge in [0.2, 0.25) is 5.91 Å². The number of para-hydroxylation sites is 1. The standard InChI is InChI=1S/C22H15BrFN3O3S/c23-14-7-9-15(10-8-14)26-11-3-4-16(26)12-19-21(29)27(22(30)31-19)13-20(28)25-18-6-2-1-5-17(18)24/h1-12H,13H2,(H,25,28)/b19-12-. The number of nitrogens with one attached hydrogen (secondary N) is 1. The fourth-order valence-electron chi connectivity index (χ4n) is 3.02. The fraction of sp³-hybridized carbons (Fsp3) is 0.0455. The van der Waals surface area contributed by atoms with Crippen LogP contribution in [0.2, 0.25) is 0 Å². The highest BCUT2D eigenvalue weighted by Crippen LogP contribution is 2.32. The summed E-state index contributed by atoms with van der Waals surface area (Å²) >= 11 is 4.16. The average molecular weight is 500 g/mol. The van der Waals surface area contributed by atoms with Crippen LogP contribution >= 0.6 is 27.7 Å². The summed E-state index contributed by atoms with van der Waals surface area (Å²) in [5.41, 5.74) is 1.59. The number of nitrogens with zero attached hydrogens (tertiary/aromatic N) is 2. The number of imide groups is 1. The Kier molecular flexibility index (Phi) is 6.06. The molecule has 0 radical (unpaired) electrons. The number of benzene rings is 2. The summed E-state index contributed by atoms with van der Waals surface area (Å²) in [6.45, 7) is -0.496. The van der Waals surface area contributed by atoms with Crippen molar-refractivity contribution >= 4 is 56.5 Å². The van der Waals surface area contributed by atoms with E-state index in [1.165, 1.54) is 18.2 Å². The quantitative estimate of drug-likeness (QED) is 0.498. The normalized spacial score (nSPS) is 15.0. The van der Waals surface area contributed by atoms with Crippen LogP contribution in [0.15, 0.2) is 76.2 Å². The maximum absolute atomic E-state index is 13.7. The van der Waals surface area contributed by atoms with Crippen molar-refractivity contribution in [3.8, 4) is 5.69 Å². The highest BCUT2D eigenvalue weighted by atomic mass is 79.9. The van der Waals surface area contributed by atoms with Crippen LogP contribution in [0, 0.1) is 5.82 Å². The maximum Gasteiger partial charge on any atom is 0.294 e. The molecule has 1 aliphatic heterocycles. The third-order valence-corrected chi connectivity index (χ3v) is 5.92. The molecule has 3 aromatic rings. The molecular weight excluding hydrogens is 485 g/mol. The predicted octanol–water partition coefficient (Wildman–Crippen LogP) is 5.05. The lowest BCUT2D eigenvalue weighted by atomic mass is 10.3. The van der Waals surface area contributed by atoms with E-state index in [-0.39, 0.29) is 10.6 Å². The zero-order valence-corrected chi connectivity index (χ0v) is 18.3. The highest BCUT2D eigenvalue weighted by molar-refractivity contribution is 9.10. The van der Waals surface area contributed by atoms with Gasteiger partial charge in [-0.2, -0.15) is 0 Å². The van der Waals surface area contributed by atoms with E-state index >= 15 is 0 Å². The molecule has 0 unspecified atom stereocenters. The summed E-state index contributed by atoms with van der Waals surface area (Å²) < 4.78 is 16.5. The third kappa shape index (κ3) is 4.62. The molecule has 156 valence electrons. The van der Waals surface area contributed by atoms with Crippen LogP contribution in [0.4, 0.5) is 14.9 Å². The molecule has 1 aromatic heterocycles. The van der Waals surface area contributed by atoms with E-state index in [2.05, 4.69) is 21.2 Å². The Morgan fingerprint density at radius 1 is 1.06 bits per heavy atom. The van der Waals surface area contributed by atoms with Gasteiger partial charge >= 0.3 is 0 Å². The lowest BCUT2D eigenvalue weighted by Crippen LogP contribution is -2.36. The van der Waals surface area contributed by atoms with Gasteiger partial charge in [0.25, 0.3) is 11.1 Å². The van der Waals surface area contributed by atoms with Gasteiger partial charge in [0.05, 0.1) is 10.6 Å². The van der Waals surface area contributed by atoms with Crippen molar-refractivity contribution in [3.63, 3.8) is 0 Å². The minimum atomic E-state index is -0.660. The second-order valence-electron chi connectivity index (χ2n) is 6.58. The number of rotatable bonds is 5. The summed E-state index contributed by atoms with van der Waals surface area (Å²) in [5, 5.41) is 1.82. The van der Waals surface area contributed by atoms with E-state index in [0.29, 0.717) is 5.69 Å². The Balaban J connectivity index is 1.51. The van der Waals surface area contributed by atoms with E-state index in [0.717, 1.165) is 26.8 Å². The maximum atomic E-state index is 13.7. The molecule has 1 N–H and O–H groups in total. The third-order valence-electron chi connectivity index (χ3n) is 4.49. The summed E-state index contributed by atoms with van der Waals surface area (Å²) in [6, 6.07) is 17.0. The van der Waals surface area contributed by atoms with Gasteiger partial charge in [0.15, 0.2) is 0 Å². The van der Waals surface area contributed by atoms with Crippen molar-refractivity contribution in [3.05, 3.63) is 87.7 Å². The first-order chi connectivity index (χ1) is 14.9. The Morgan fingerprint density at radius 2 is 1.81 bits per heavy atom. The van der Waals surface area contributed by atoms with Crippen LogP contribution in [-0.4, -0.2) is 33.1 Å². The number of carbonyl (C=O) groups is 3. The number of hydrogen-bond donors (Lipinski definition) is 1. The molecule has 2 aromatic carbocycles. The van der Waals surface area contributed by atoms with Gasteiger partial charge in [0.1, 0.15) is 12.4 Å². The molecule has 4 rings (SSSR count). The molecule has 0 spiro atoms. The molecular formula is C22H15BrFN3O3S. The fourth-order valence-corrected chi connectivity index (χ4v) is 4.10. The minimum Gasteiger partial charge on any atom is -0.322 e. The van der Waals surface area contributed by atoms with Crippen molar-refractivity contribution in [1.29, 1.82) is 0 Å². The van der Waals surface area contributed by atoms with Crippen LogP contribution in [0.1, 0.15) is 5.69 Å². The second-order valence-corrected chi connectivity index (χ2v) is 8.48. The summed E-state index contributed by atoms with van der Waals surface area (Å²) in [7, 11) is 0. The molecule has 0 atom stereocenters. The van der Waals surface area contributed by atoms with Crippen LogP contribution in [0.5, 0.6) is 0 Å². The van der Waals surface area contributed by atoms with Crippen molar-refractivity contribution in [2.45, 2.75) is 0 Å². The molecule has 1 aliphatic rings. The summed E-state index contributed by atoms with van der Waals surface area (Å²) in [6.07, 6.45) is 3.46. The van der Waals surface area contributed by atoms with Crippen LogP contribution in [-0.2, 0) is 9.59 Å². The lowest BCUT2D eigenvalue weighted by Gasteiger charge is -2.12. The Labute approximate surface area is 189 Å². The van der Waals surface area contributed by atoms with Crippen molar-refractivity contribution < 1.29 is 18.8 Å². The first-order valence-corrected chi connectivity index (χ1v) is 10.8. The first kappa shape index (κ1) is 21.1. The predicted molar refractivity (Wildman–Crippen MR) is 121 cm³/mol. The average Bonchev–Trinajstić information content (AvgIpc) is 3.30. The summed E-state index contributed by atoms with van der Waals surface area (Å²) in [4.78, 5) is 38.4. The largest absolute Gasteiger partial charge is 0.322 e. The van der Waals surface area contributed by atoms with E-state index in [1.54, 1.807) is 12.1 Å². The van der Waals surface area contributed by atoms with Gasteiger partial charge in [-0.15, -0.1) is 0 Å². The molecule has 1 fully saturated rings. The van der Waals surface area contributed by atoms with E-state index < -0.39 is 29.4 Å². The van der Waals surface area contributed by atoms with Gasteiger partial charge < -0.3 is 9.88 Å². The number of amides is 3. The SMILES string of the molecule is O=C(CN1C(=O)S/C(=C\c2cccn2-c2ccc(Br)cc2)C1=O)Nc1ccccc1F. The second kappa shape index (κ2) is 8.91. The molecule has 31 heavy (non-hydrogen) atoms. The van der Waals surface area contributed by atoms with Crippen LogP contribution < -0.4 is 5.32 Å². The highest BCUT2D eigenvalue weighted by Gasteiger charge is 2.36. The van der Waals surface area contributed by atoms with Crippen molar-refractivity contribution in [2.75, 3.05) is 11.9 Å². The number of thioether (sulfide) groups is 1. The Bertz CT molecular complexity index is 1210. The number of halogens is 2. The topological polar surface area (TPSA) is 71.4 Å². The van der Waals surface area contributed by atoms with Gasteiger partial charge in [-0.3, -0.25) is 19.3 Å². The number of hydrogen-bond acceptors (Lipinski definition) is 4. The zero-order valence-electron chi connectivity index (χ0n) is 15.9. The molecule has 1 saturated heterocycles. The smallest absolute Gasteiger partial charge is 0.294 e. The first-order valence-electron chi connectivity index (χ1n) is 9.15. The van der Waals surface area contributed by atoms with Crippen molar-refractivity contribution in [1.82, 2.24) is 9.47 Å². The number of carbonyl (C=O) groups excluding carboxylic acids is 3. The van der Waals surface area contributed by atoms with Crippen molar-refractivity contribution in [2.24, 2.45) is 0 Å². The van der Waals surface area contributed by atoms with Gasteiger partial charge in [-0.05, 0) is 66.4 Å². The van der Waals surface area contributed by atoms with Gasteiger partial charge in [-0.1, -0.05) is 28.1 Å². The molecule has 0 aliphatic carbocycles.